The first-order valence-electron chi connectivity index (χ1n) is 9.77. The van der Waals surface area contributed by atoms with Gasteiger partial charge in [0.25, 0.3) is 5.91 Å². The summed E-state index contributed by atoms with van der Waals surface area (Å²) in [5, 5.41) is 2.81. The number of fused-ring (bicyclic) bond motifs is 1. The van der Waals surface area contributed by atoms with Crippen LogP contribution in [0.1, 0.15) is 25.3 Å². The zero-order valence-electron chi connectivity index (χ0n) is 16.3. The third kappa shape index (κ3) is 4.21. The molecule has 1 atom stereocenters. The van der Waals surface area contributed by atoms with E-state index in [1.165, 1.54) is 0 Å². The van der Waals surface area contributed by atoms with Gasteiger partial charge in [-0.25, -0.2) is 8.42 Å². The molecule has 1 fully saturated rings. The molecule has 29 heavy (non-hydrogen) atoms. The van der Waals surface area contributed by atoms with Crippen molar-refractivity contribution < 1.29 is 17.9 Å². The van der Waals surface area contributed by atoms with Crippen molar-refractivity contribution in [2.24, 2.45) is 5.92 Å². The van der Waals surface area contributed by atoms with Gasteiger partial charge >= 0.3 is 0 Å². The molecule has 4 rings (SSSR count). The number of benzene rings is 2. The van der Waals surface area contributed by atoms with Crippen LogP contribution in [0.25, 0.3) is 6.08 Å². The van der Waals surface area contributed by atoms with Crippen molar-refractivity contribution in [1.29, 1.82) is 0 Å². The zero-order chi connectivity index (χ0) is 20.4. The van der Waals surface area contributed by atoms with Crippen molar-refractivity contribution in [1.82, 2.24) is 4.31 Å². The van der Waals surface area contributed by atoms with Gasteiger partial charge in [0.15, 0.2) is 0 Å². The highest BCUT2D eigenvalue weighted by molar-refractivity contribution is 7.89. The molecule has 0 aromatic heterocycles. The average molecular weight is 413 g/mol. The van der Waals surface area contributed by atoms with Gasteiger partial charge in [0.1, 0.15) is 12.4 Å². The molecule has 2 aliphatic heterocycles. The quantitative estimate of drug-likeness (QED) is 0.834. The highest BCUT2D eigenvalue weighted by Crippen LogP contribution is 2.27. The van der Waals surface area contributed by atoms with E-state index in [1.807, 2.05) is 30.3 Å². The zero-order valence-corrected chi connectivity index (χ0v) is 17.1. The Morgan fingerprint density at radius 1 is 1.14 bits per heavy atom. The van der Waals surface area contributed by atoms with Crippen LogP contribution < -0.4 is 10.1 Å². The fourth-order valence-electron chi connectivity index (χ4n) is 3.68. The lowest BCUT2D eigenvalue weighted by Crippen LogP contribution is -2.39. The van der Waals surface area contributed by atoms with Crippen LogP contribution in [-0.4, -0.2) is 38.3 Å². The molecule has 6 nitrogen and oxygen atoms in total. The summed E-state index contributed by atoms with van der Waals surface area (Å²) >= 11 is 0. The molecule has 1 N–H and O–H groups in total. The molecular weight excluding hydrogens is 388 g/mol. The van der Waals surface area contributed by atoms with Crippen molar-refractivity contribution in [3.63, 3.8) is 0 Å². The Kier molecular flexibility index (Phi) is 5.43. The van der Waals surface area contributed by atoms with Gasteiger partial charge in [-0.05, 0) is 55.2 Å². The van der Waals surface area contributed by atoms with Gasteiger partial charge < -0.3 is 10.1 Å². The van der Waals surface area contributed by atoms with E-state index in [0.717, 1.165) is 24.2 Å². The Morgan fingerprint density at radius 3 is 2.66 bits per heavy atom. The molecule has 0 unspecified atom stereocenters. The van der Waals surface area contributed by atoms with Gasteiger partial charge in [-0.2, -0.15) is 4.31 Å². The normalized spacial score (nSPS) is 19.6. The summed E-state index contributed by atoms with van der Waals surface area (Å²) in [5.74, 6) is 0.860. The van der Waals surface area contributed by atoms with Gasteiger partial charge in [0.05, 0.1) is 10.5 Å². The minimum absolute atomic E-state index is 0.197. The summed E-state index contributed by atoms with van der Waals surface area (Å²) in [7, 11) is -3.50. The van der Waals surface area contributed by atoms with E-state index in [0.29, 0.717) is 30.3 Å². The van der Waals surface area contributed by atoms with E-state index in [1.54, 1.807) is 28.6 Å². The topological polar surface area (TPSA) is 75.7 Å². The van der Waals surface area contributed by atoms with E-state index >= 15 is 0 Å². The molecule has 152 valence electrons. The predicted octanol–water partition coefficient (Wildman–Crippen LogP) is 3.52. The molecule has 1 saturated heterocycles. The lowest BCUT2D eigenvalue weighted by atomic mass is 10.0. The van der Waals surface area contributed by atoms with Crippen LogP contribution in [0, 0.1) is 5.92 Å². The summed E-state index contributed by atoms with van der Waals surface area (Å²) in [4.78, 5) is 12.8. The number of carbonyl (C=O) groups excluding carboxylic acids is 1. The second-order valence-corrected chi connectivity index (χ2v) is 9.52. The second kappa shape index (κ2) is 8.00. The van der Waals surface area contributed by atoms with Crippen molar-refractivity contribution in [3.05, 3.63) is 59.7 Å². The first-order chi connectivity index (χ1) is 13.9. The third-order valence-electron chi connectivity index (χ3n) is 5.29. The Morgan fingerprint density at radius 2 is 1.90 bits per heavy atom. The molecule has 7 heteroatoms. The van der Waals surface area contributed by atoms with Gasteiger partial charge in [-0.15, -0.1) is 0 Å². The van der Waals surface area contributed by atoms with Crippen LogP contribution in [0.2, 0.25) is 0 Å². The number of nitrogens with zero attached hydrogens (tertiary/aromatic N) is 1. The van der Waals surface area contributed by atoms with E-state index < -0.39 is 10.0 Å². The molecular formula is C22H24N2O4S. The maximum absolute atomic E-state index is 12.8. The van der Waals surface area contributed by atoms with E-state index in [4.69, 9.17) is 4.74 Å². The SMILES string of the molecule is C[C@H]1CCCN(S(=O)(=O)c2ccc(NC(=O)C3=Cc4ccccc4OC3)cc2)C1. The van der Waals surface area contributed by atoms with E-state index in [2.05, 4.69) is 12.2 Å². The summed E-state index contributed by atoms with van der Waals surface area (Å²) < 4.78 is 32.9. The summed E-state index contributed by atoms with van der Waals surface area (Å²) in [6, 6.07) is 13.9. The monoisotopic (exact) mass is 412 g/mol. The summed E-state index contributed by atoms with van der Waals surface area (Å²) in [6.07, 6.45) is 3.75. The van der Waals surface area contributed by atoms with Crippen LogP contribution in [0.3, 0.4) is 0 Å². The Bertz CT molecular complexity index is 1040. The number of sulfonamides is 1. The Balaban J connectivity index is 1.46. The van der Waals surface area contributed by atoms with Crippen LogP contribution in [-0.2, 0) is 14.8 Å². The van der Waals surface area contributed by atoms with E-state index in [-0.39, 0.29) is 17.4 Å². The largest absolute Gasteiger partial charge is 0.488 e. The minimum atomic E-state index is -3.50. The highest BCUT2D eigenvalue weighted by Gasteiger charge is 2.28. The lowest BCUT2D eigenvalue weighted by Gasteiger charge is -2.30. The maximum Gasteiger partial charge on any atom is 0.255 e. The molecule has 0 bridgehead atoms. The van der Waals surface area contributed by atoms with Crippen LogP contribution in [0.15, 0.2) is 59.0 Å². The number of hydrogen-bond donors (Lipinski definition) is 1. The molecule has 2 heterocycles. The van der Waals surface area contributed by atoms with Crippen LogP contribution in [0.4, 0.5) is 5.69 Å². The van der Waals surface area contributed by atoms with Gasteiger partial charge in [-0.1, -0.05) is 25.1 Å². The Labute approximate surface area is 171 Å². The fraction of sp³-hybridized carbons (Fsp3) is 0.318. The third-order valence-corrected chi connectivity index (χ3v) is 7.17. The van der Waals surface area contributed by atoms with Gasteiger partial charge in [0, 0.05) is 24.3 Å². The van der Waals surface area contributed by atoms with Crippen molar-refractivity contribution >= 4 is 27.7 Å². The molecule has 2 aliphatic rings. The van der Waals surface area contributed by atoms with Crippen LogP contribution in [0.5, 0.6) is 5.75 Å². The number of nitrogens with one attached hydrogen (secondary N) is 1. The average Bonchev–Trinajstić information content (AvgIpc) is 2.74. The number of anilines is 1. The van der Waals surface area contributed by atoms with Crippen molar-refractivity contribution in [3.8, 4) is 5.75 Å². The molecule has 2 aromatic carbocycles. The predicted molar refractivity (Wildman–Crippen MR) is 112 cm³/mol. The molecule has 2 aromatic rings. The molecule has 0 saturated carbocycles. The Hall–Kier alpha value is -2.64. The number of para-hydroxylation sites is 1. The minimum Gasteiger partial charge on any atom is -0.488 e. The van der Waals surface area contributed by atoms with Crippen molar-refractivity contribution in [2.75, 3.05) is 25.0 Å². The molecule has 1 amide bonds. The fourth-order valence-corrected chi connectivity index (χ4v) is 5.28. The smallest absolute Gasteiger partial charge is 0.255 e. The summed E-state index contributed by atoms with van der Waals surface area (Å²) in [6.45, 7) is 3.38. The number of carbonyl (C=O) groups is 1. The number of rotatable bonds is 4. The number of hydrogen-bond acceptors (Lipinski definition) is 4. The molecule has 0 aliphatic carbocycles. The van der Waals surface area contributed by atoms with E-state index in [9.17, 15) is 13.2 Å². The van der Waals surface area contributed by atoms with Crippen LogP contribution >= 0.6 is 0 Å². The second-order valence-electron chi connectivity index (χ2n) is 7.59. The number of piperidine rings is 1. The first-order valence-corrected chi connectivity index (χ1v) is 11.2. The lowest BCUT2D eigenvalue weighted by molar-refractivity contribution is -0.113. The standard InChI is InChI=1S/C22H24N2O4S/c1-16-5-4-12-24(14-16)29(26,27)20-10-8-19(9-11-20)23-22(25)18-13-17-6-2-3-7-21(17)28-15-18/h2-3,6-11,13,16H,4-5,12,14-15H2,1H3,(H,23,25)/t16-/m0/s1. The number of ether oxygens (including phenoxy) is 1. The number of amides is 1. The maximum atomic E-state index is 12.8. The van der Waals surface area contributed by atoms with Crippen molar-refractivity contribution in [2.45, 2.75) is 24.7 Å². The van der Waals surface area contributed by atoms with Gasteiger partial charge in [-0.3, -0.25) is 4.79 Å². The first kappa shape index (κ1) is 19.7. The molecule has 0 radical (unpaired) electrons. The van der Waals surface area contributed by atoms with Gasteiger partial charge in [0.2, 0.25) is 10.0 Å². The molecule has 0 spiro atoms. The summed E-state index contributed by atoms with van der Waals surface area (Å²) in [5.41, 5.74) is 1.92. The highest BCUT2D eigenvalue weighted by atomic mass is 32.2.